The number of allylic oxidation sites excluding steroid dienone is 1. The number of benzene rings is 2. The van der Waals surface area contributed by atoms with Crippen LogP contribution in [0.1, 0.15) is 33.8 Å². The Morgan fingerprint density at radius 3 is 2.41 bits per heavy atom. The van der Waals surface area contributed by atoms with Crippen molar-refractivity contribution >= 4 is 34.2 Å². The van der Waals surface area contributed by atoms with E-state index in [4.69, 9.17) is 14.2 Å². The monoisotopic (exact) mass is 461 g/mol. The van der Waals surface area contributed by atoms with Crippen molar-refractivity contribution in [1.29, 1.82) is 0 Å². The summed E-state index contributed by atoms with van der Waals surface area (Å²) in [5, 5.41) is 11.6. The molecule has 2 aliphatic rings. The van der Waals surface area contributed by atoms with Crippen molar-refractivity contribution in [2.75, 3.05) is 20.3 Å². The molecule has 0 unspecified atom stereocenters. The maximum absolute atomic E-state index is 13.1. The minimum absolute atomic E-state index is 0.0247. The number of pyridine rings is 1. The van der Waals surface area contributed by atoms with Crippen molar-refractivity contribution in [1.82, 2.24) is 4.98 Å². The molecule has 1 aromatic heterocycles. The van der Waals surface area contributed by atoms with Gasteiger partial charge in [0.25, 0.3) is 5.56 Å². The van der Waals surface area contributed by atoms with Crippen molar-refractivity contribution in [2.45, 2.75) is 12.3 Å². The van der Waals surface area contributed by atoms with Crippen molar-refractivity contribution < 1.29 is 33.7 Å². The van der Waals surface area contributed by atoms with Gasteiger partial charge in [-0.25, -0.2) is 0 Å². The SMILES string of the molecule is COC(=O)C[C@@H](C1=C(O)c2ccccc2C(=O)C1=O)c1cc2cc3c(cc2[nH]c1=O)OCCO3. The van der Waals surface area contributed by atoms with Gasteiger partial charge in [-0.15, -0.1) is 0 Å². The molecule has 0 fully saturated rings. The summed E-state index contributed by atoms with van der Waals surface area (Å²) in [6.45, 7) is 0.754. The fourth-order valence-corrected chi connectivity index (χ4v) is 4.34. The number of esters is 1. The number of Topliss-reactive ketones (excluding diaryl/α,β-unsaturated/α-hetero) is 2. The standard InChI is InChI=1S/C25H19NO8/c1-32-20(27)10-15(21-22(28)13-4-2-3-5-14(13)23(29)24(21)30)16-8-12-9-18-19(34-7-6-33-18)11-17(12)26-25(16)31/h2-5,8-9,11,15,28H,6-7,10H2,1H3,(H,26,31)/t15-/m1/s1. The predicted octanol–water partition coefficient (Wildman–Crippen LogP) is 2.68. The number of nitrogens with one attached hydrogen (secondary N) is 1. The van der Waals surface area contributed by atoms with Gasteiger partial charge >= 0.3 is 5.97 Å². The lowest BCUT2D eigenvalue weighted by atomic mass is 9.78. The van der Waals surface area contributed by atoms with Crippen LogP contribution in [0.5, 0.6) is 11.5 Å². The first-order valence-corrected chi connectivity index (χ1v) is 10.5. The molecule has 2 heterocycles. The molecule has 2 aromatic carbocycles. The highest BCUT2D eigenvalue weighted by Gasteiger charge is 2.39. The number of carbonyl (C=O) groups is 3. The Balaban J connectivity index is 1.72. The summed E-state index contributed by atoms with van der Waals surface area (Å²) in [6, 6.07) is 10.9. The smallest absolute Gasteiger partial charge is 0.306 e. The van der Waals surface area contributed by atoms with Gasteiger partial charge in [0.1, 0.15) is 19.0 Å². The number of fused-ring (bicyclic) bond motifs is 3. The van der Waals surface area contributed by atoms with Crippen LogP contribution >= 0.6 is 0 Å². The summed E-state index contributed by atoms with van der Waals surface area (Å²) < 4.78 is 15.9. The van der Waals surface area contributed by atoms with Gasteiger partial charge in [0.05, 0.1) is 24.6 Å². The Hall–Kier alpha value is -4.40. The van der Waals surface area contributed by atoms with E-state index in [-0.39, 0.29) is 22.3 Å². The van der Waals surface area contributed by atoms with Crippen molar-refractivity contribution in [3.63, 3.8) is 0 Å². The second-order valence-corrected chi connectivity index (χ2v) is 7.94. The lowest BCUT2D eigenvalue weighted by molar-refractivity contribution is -0.140. The average molecular weight is 461 g/mol. The number of H-pyrrole nitrogens is 1. The van der Waals surface area contributed by atoms with Crippen molar-refractivity contribution in [3.05, 3.63) is 75.1 Å². The molecule has 9 heteroatoms. The molecule has 1 aliphatic heterocycles. The average Bonchev–Trinajstić information content (AvgIpc) is 2.85. The van der Waals surface area contributed by atoms with Crippen molar-refractivity contribution in [2.24, 2.45) is 0 Å². The summed E-state index contributed by atoms with van der Waals surface area (Å²) in [4.78, 5) is 54.0. The summed E-state index contributed by atoms with van der Waals surface area (Å²) in [7, 11) is 1.17. The Morgan fingerprint density at radius 1 is 1.03 bits per heavy atom. The van der Waals surface area contributed by atoms with Crippen LogP contribution in [0, 0.1) is 0 Å². The minimum Gasteiger partial charge on any atom is -0.507 e. The third-order valence-corrected chi connectivity index (χ3v) is 5.99. The molecule has 0 saturated carbocycles. The third-order valence-electron chi connectivity index (χ3n) is 5.99. The number of aliphatic hydroxyl groups is 1. The van der Waals surface area contributed by atoms with E-state index in [1.165, 1.54) is 25.3 Å². The molecule has 1 aliphatic carbocycles. The number of ketones is 2. The number of hydrogen-bond donors (Lipinski definition) is 2. The van der Waals surface area contributed by atoms with E-state index >= 15 is 0 Å². The first-order valence-electron chi connectivity index (χ1n) is 10.5. The number of aliphatic hydroxyl groups excluding tert-OH is 1. The fraction of sp³-hybridized carbons (Fsp3) is 0.200. The minimum atomic E-state index is -1.22. The molecule has 0 spiro atoms. The van der Waals surface area contributed by atoms with Crippen LogP contribution < -0.4 is 15.0 Å². The number of carbonyl (C=O) groups excluding carboxylic acids is 3. The number of rotatable bonds is 4. The second-order valence-electron chi connectivity index (χ2n) is 7.94. The molecule has 2 N–H and O–H groups in total. The van der Waals surface area contributed by atoms with Gasteiger partial charge in [-0.2, -0.15) is 0 Å². The molecule has 3 aromatic rings. The fourth-order valence-electron chi connectivity index (χ4n) is 4.34. The zero-order valence-electron chi connectivity index (χ0n) is 18.0. The van der Waals surface area contributed by atoms with E-state index in [1.54, 1.807) is 24.3 Å². The highest BCUT2D eigenvalue weighted by atomic mass is 16.6. The first kappa shape index (κ1) is 21.4. The van der Waals surface area contributed by atoms with Crippen LogP contribution in [0.25, 0.3) is 16.7 Å². The third kappa shape index (κ3) is 3.42. The van der Waals surface area contributed by atoms with Crippen LogP contribution in [-0.2, 0) is 14.3 Å². The summed E-state index contributed by atoms with van der Waals surface area (Å²) in [5.74, 6) is -3.22. The Labute approximate surface area is 192 Å². The van der Waals surface area contributed by atoms with Crippen LogP contribution in [0.2, 0.25) is 0 Å². The lowest BCUT2D eigenvalue weighted by Crippen LogP contribution is -2.31. The molecule has 1 atom stereocenters. The van der Waals surface area contributed by atoms with E-state index in [0.717, 1.165) is 0 Å². The second kappa shape index (κ2) is 8.18. The molecule has 0 bridgehead atoms. The summed E-state index contributed by atoms with van der Waals surface area (Å²) >= 11 is 0. The molecule has 34 heavy (non-hydrogen) atoms. The van der Waals surface area contributed by atoms with Crippen LogP contribution in [0.3, 0.4) is 0 Å². The van der Waals surface area contributed by atoms with Gasteiger partial charge in [-0.3, -0.25) is 19.2 Å². The van der Waals surface area contributed by atoms with Crippen LogP contribution in [0.15, 0.2) is 52.8 Å². The van der Waals surface area contributed by atoms with E-state index in [9.17, 15) is 24.3 Å². The Morgan fingerprint density at radius 2 is 1.71 bits per heavy atom. The molecular formula is C25H19NO8. The van der Waals surface area contributed by atoms with E-state index in [1.807, 2.05) is 0 Å². The molecule has 9 nitrogen and oxygen atoms in total. The zero-order chi connectivity index (χ0) is 24.0. The molecular weight excluding hydrogens is 442 g/mol. The largest absolute Gasteiger partial charge is 0.507 e. The number of methoxy groups -OCH3 is 1. The van der Waals surface area contributed by atoms with Gasteiger partial charge < -0.3 is 24.3 Å². The maximum atomic E-state index is 13.1. The summed E-state index contributed by atoms with van der Waals surface area (Å²) in [6.07, 6.45) is -0.434. The Kier molecular flexibility index (Phi) is 5.16. The van der Waals surface area contributed by atoms with Gasteiger partial charge in [-0.05, 0) is 12.1 Å². The van der Waals surface area contributed by atoms with Crippen LogP contribution in [-0.4, -0.2) is 47.9 Å². The molecule has 0 radical (unpaired) electrons. The highest BCUT2D eigenvalue weighted by molar-refractivity contribution is 6.52. The topological polar surface area (TPSA) is 132 Å². The normalized spacial score (nSPS) is 15.8. The van der Waals surface area contributed by atoms with Crippen LogP contribution in [0.4, 0.5) is 0 Å². The number of hydrogen-bond acceptors (Lipinski definition) is 8. The van der Waals surface area contributed by atoms with Crippen molar-refractivity contribution in [3.8, 4) is 11.5 Å². The van der Waals surface area contributed by atoms with E-state index < -0.39 is 41.2 Å². The molecule has 172 valence electrons. The van der Waals surface area contributed by atoms with E-state index in [0.29, 0.717) is 35.6 Å². The van der Waals surface area contributed by atoms with Gasteiger partial charge in [0.15, 0.2) is 11.5 Å². The van der Waals surface area contributed by atoms with Gasteiger partial charge in [0, 0.05) is 34.1 Å². The molecule has 5 rings (SSSR count). The highest BCUT2D eigenvalue weighted by Crippen LogP contribution is 2.39. The van der Waals surface area contributed by atoms with Gasteiger partial charge in [-0.1, -0.05) is 24.3 Å². The maximum Gasteiger partial charge on any atom is 0.306 e. The molecule has 0 saturated heterocycles. The quantitative estimate of drug-likeness (QED) is 0.448. The number of aromatic nitrogens is 1. The number of ether oxygens (including phenoxy) is 3. The number of aromatic amines is 1. The molecule has 0 amide bonds. The predicted molar refractivity (Wildman–Crippen MR) is 120 cm³/mol. The van der Waals surface area contributed by atoms with Gasteiger partial charge in [0.2, 0.25) is 11.6 Å². The zero-order valence-corrected chi connectivity index (χ0v) is 18.0. The Bertz CT molecular complexity index is 1470. The first-order chi connectivity index (χ1) is 16.4. The van der Waals surface area contributed by atoms with E-state index in [2.05, 4.69) is 4.98 Å². The lowest BCUT2D eigenvalue weighted by Gasteiger charge is -2.24. The summed E-state index contributed by atoms with van der Waals surface area (Å²) in [5.41, 5.74) is -0.203.